The summed E-state index contributed by atoms with van der Waals surface area (Å²) in [5, 5.41) is 0. The van der Waals surface area contributed by atoms with Crippen LogP contribution in [0.2, 0.25) is 0 Å². The first-order valence-electron chi connectivity index (χ1n) is 22.7. The standard InChI is InChI=1S/C48H76N2O/c1-5-9-35-13-21-39(22-14-35)41-25-17-37(18-26-41)29-43-31-45(33-49-47(43)11-7-3)51-46-32-44(48(12-8-4)50-34-46)30-38-19-27-42(28-20-38)40-23-15-36(10-6-2)16-24-40/h31-42H,5-30H2,1-4H3. The Bertz CT molecular complexity index is 1190. The van der Waals surface area contributed by atoms with E-state index in [0.717, 1.165) is 97.4 Å². The molecule has 0 radical (unpaired) electrons. The normalized spacial score (nSPS) is 30.3. The molecule has 0 N–H and O–H groups in total. The van der Waals surface area contributed by atoms with Gasteiger partial charge in [-0.3, -0.25) is 9.97 Å². The van der Waals surface area contributed by atoms with Crippen LogP contribution in [0.1, 0.15) is 191 Å². The average Bonchev–Trinajstić information content (AvgIpc) is 3.15. The lowest BCUT2D eigenvalue weighted by atomic mass is 9.68. The van der Waals surface area contributed by atoms with E-state index in [4.69, 9.17) is 14.7 Å². The molecule has 2 heterocycles. The fourth-order valence-electron chi connectivity index (χ4n) is 11.6. The van der Waals surface area contributed by atoms with Gasteiger partial charge in [0.1, 0.15) is 11.5 Å². The largest absolute Gasteiger partial charge is 0.454 e. The van der Waals surface area contributed by atoms with Crippen molar-refractivity contribution in [3.8, 4) is 11.5 Å². The number of hydrogen-bond donors (Lipinski definition) is 0. The van der Waals surface area contributed by atoms with Gasteiger partial charge in [0.2, 0.25) is 0 Å². The van der Waals surface area contributed by atoms with E-state index in [2.05, 4.69) is 39.8 Å². The molecule has 4 aliphatic carbocycles. The Balaban J connectivity index is 1.04. The van der Waals surface area contributed by atoms with Crippen LogP contribution in [-0.2, 0) is 25.7 Å². The Morgan fingerprint density at radius 2 is 0.784 bits per heavy atom. The summed E-state index contributed by atoms with van der Waals surface area (Å²) in [6.07, 6.45) is 39.7. The van der Waals surface area contributed by atoms with E-state index in [1.54, 1.807) is 0 Å². The van der Waals surface area contributed by atoms with Crippen molar-refractivity contribution in [3.63, 3.8) is 0 Å². The number of nitrogens with zero attached hydrogens (tertiary/aromatic N) is 2. The van der Waals surface area contributed by atoms with Gasteiger partial charge in [0, 0.05) is 11.4 Å². The molecule has 2 aromatic rings. The highest BCUT2D eigenvalue weighted by Gasteiger charge is 2.32. The van der Waals surface area contributed by atoms with Crippen molar-refractivity contribution in [2.75, 3.05) is 0 Å². The Morgan fingerprint density at radius 1 is 0.451 bits per heavy atom. The highest BCUT2D eigenvalue weighted by Crippen LogP contribution is 2.45. The van der Waals surface area contributed by atoms with Gasteiger partial charge in [0.15, 0.2) is 0 Å². The zero-order chi connectivity index (χ0) is 35.4. The number of ether oxygens (including phenoxy) is 1. The molecular formula is C48H76N2O. The number of pyridine rings is 2. The van der Waals surface area contributed by atoms with Crippen molar-refractivity contribution in [2.45, 2.75) is 195 Å². The summed E-state index contributed by atoms with van der Waals surface area (Å²) in [6.45, 7) is 9.29. The summed E-state index contributed by atoms with van der Waals surface area (Å²) in [5.41, 5.74) is 5.46. The van der Waals surface area contributed by atoms with Gasteiger partial charge in [0.05, 0.1) is 12.4 Å². The SMILES string of the molecule is CCCc1ncc(Oc2cnc(CCC)c(CC3CCC(C4CCC(CCC)CC4)CC3)c2)cc1CC1CCC(C2CCC(CCC)CC2)CC1. The summed E-state index contributed by atoms with van der Waals surface area (Å²) < 4.78 is 6.62. The molecule has 4 saturated carbocycles. The van der Waals surface area contributed by atoms with E-state index in [1.807, 2.05) is 12.4 Å². The van der Waals surface area contributed by atoms with Gasteiger partial charge in [0.25, 0.3) is 0 Å². The van der Waals surface area contributed by atoms with E-state index in [0.29, 0.717) is 0 Å². The van der Waals surface area contributed by atoms with E-state index >= 15 is 0 Å². The molecule has 0 spiro atoms. The minimum atomic E-state index is 0.790. The number of rotatable bonds is 16. The van der Waals surface area contributed by atoms with Crippen LogP contribution in [0.5, 0.6) is 11.5 Å². The van der Waals surface area contributed by atoms with Gasteiger partial charge >= 0.3 is 0 Å². The van der Waals surface area contributed by atoms with Crippen LogP contribution in [0.3, 0.4) is 0 Å². The van der Waals surface area contributed by atoms with Crippen LogP contribution >= 0.6 is 0 Å². The first-order valence-corrected chi connectivity index (χ1v) is 22.7. The molecule has 0 amide bonds. The fraction of sp³-hybridized carbons (Fsp3) is 0.792. The Morgan fingerprint density at radius 3 is 1.10 bits per heavy atom. The maximum atomic E-state index is 6.62. The fourth-order valence-corrected chi connectivity index (χ4v) is 11.6. The molecule has 0 bridgehead atoms. The van der Waals surface area contributed by atoms with E-state index < -0.39 is 0 Å². The Kier molecular flexibility index (Phi) is 15.2. The molecule has 0 saturated heterocycles. The maximum Gasteiger partial charge on any atom is 0.146 e. The molecule has 3 heteroatoms. The smallest absolute Gasteiger partial charge is 0.146 e. The van der Waals surface area contributed by atoms with Crippen LogP contribution in [0.4, 0.5) is 0 Å². The molecule has 6 rings (SSSR count). The van der Waals surface area contributed by atoms with Crippen molar-refractivity contribution in [1.82, 2.24) is 9.97 Å². The van der Waals surface area contributed by atoms with E-state index in [1.165, 1.54) is 151 Å². The molecule has 2 aromatic heterocycles. The molecular weight excluding hydrogens is 621 g/mol. The third kappa shape index (κ3) is 11.1. The van der Waals surface area contributed by atoms with Crippen LogP contribution < -0.4 is 4.74 Å². The first kappa shape index (κ1) is 38.8. The zero-order valence-electron chi connectivity index (χ0n) is 33.6. The second-order valence-corrected chi connectivity index (χ2v) is 18.3. The molecule has 0 aromatic carbocycles. The van der Waals surface area contributed by atoms with Crippen LogP contribution in [-0.4, -0.2) is 9.97 Å². The van der Waals surface area contributed by atoms with Crippen molar-refractivity contribution >= 4 is 0 Å². The van der Waals surface area contributed by atoms with Crippen molar-refractivity contribution in [3.05, 3.63) is 47.0 Å². The first-order chi connectivity index (χ1) is 25.0. The minimum Gasteiger partial charge on any atom is -0.454 e. The van der Waals surface area contributed by atoms with Crippen molar-refractivity contribution in [1.29, 1.82) is 0 Å². The molecule has 4 aliphatic rings. The average molecular weight is 697 g/mol. The van der Waals surface area contributed by atoms with Gasteiger partial charge in [-0.2, -0.15) is 0 Å². The topological polar surface area (TPSA) is 35.0 Å². The van der Waals surface area contributed by atoms with E-state index in [9.17, 15) is 0 Å². The van der Waals surface area contributed by atoms with Crippen molar-refractivity contribution < 1.29 is 4.74 Å². The lowest BCUT2D eigenvalue weighted by Crippen LogP contribution is -2.26. The minimum absolute atomic E-state index is 0.790. The van der Waals surface area contributed by atoms with Gasteiger partial charge in [-0.05, 0) is 173 Å². The molecule has 0 unspecified atom stereocenters. The summed E-state index contributed by atoms with van der Waals surface area (Å²) >= 11 is 0. The Hall–Kier alpha value is -1.90. The highest BCUT2D eigenvalue weighted by atomic mass is 16.5. The molecule has 4 fully saturated rings. The number of hydrogen-bond acceptors (Lipinski definition) is 3. The van der Waals surface area contributed by atoms with Gasteiger partial charge < -0.3 is 4.74 Å². The van der Waals surface area contributed by atoms with Crippen LogP contribution in [0.25, 0.3) is 0 Å². The molecule has 3 nitrogen and oxygen atoms in total. The number of aromatic nitrogens is 2. The van der Waals surface area contributed by atoms with Crippen molar-refractivity contribution in [2.24, 2.45) is 47.3 Å². The third-order valence-electron chi connectivity index (χ3n) is 14.6. The van der Waals surface area contributed by atoms with Crippen LogP contribution in [0, 0.1) is 47.3 Å². The quantitative estimate of drug-likeness (QED) is 0.175. The number of aryl methyl sites for hydroxylation is 2. The van der Waals surface area contributed by atoms with Gasteiger partial charge in [-0.25, -0.2) is 0 Å². The lowest BCUT2D eigenvalue weighted by Gasteiger charge is -2.38. The zero-order valence-corrected chi connectivity index (χ0v) is 33.6. The van der Waals surface area contributed by atoms with Gasteiger partial charge in [-0.15, -0.1) is 0 Å². The van der Waals surface area contributed by atoms with Gasteiger partial charge in [-0.1, -0.05) is 91.9 Å². The summed E-state index contributed by atoms with van der Waals surface area (Å²) in [6, 6.07) is 4.69. The molecule has 0 aliphatic heterocycles. The maximum absolute atomic E-state index is 6.62. The van der Waals surface area contributed by atoms with Crippen LogP contribution in [0.15, 0.2) is 24.5 Å². The summed E-state index contributed by atoms with van der Waals surface area (Å²) in [4.78, 5) is 10.0. The highest BCUT2D eigenvalue weighted by molar-refractivity contribution is 5.36. The van der Waals surface area contributed by atoms with E-state index in [-0.39, 0.29) is 0 Å². The Labute approximate surface area is 314 Å². The second-order valence-electron chi connectivity index (χ2n) is 18.3. The molecule has 284 valence electrons. The predicted molar refractivity (Wildman–Crippen MR) is 216 cm³/mol. The second kappa shape index (κ2) is 20.0. The predicted octanol–water partition coefficient (Wildman–Crippen LogP) is 14.1. The summed E-state index contributed by atoms with van der Waals surface area (Å²) in [5.74, 6) is 9.39. The lowest BCUT2D eigenvalue weighted by molar-refractivity contribution is 0.143. The third-order valence-corrected chi connectivity index (χ3v) is 14.6. The monoisotopic (exact) mass is 697 g/mol. The summed E-state index contributed by atoms with van der Waals surface area (Å²) in [7, 11) is 0. The molecule has 51 heavy (non-hydrogen) atoms. The molecule has 0 atom stereocenters.